The van der Waals surface area contributed by atoms with Gasteiger partial charge < -0.3 is 10.2 Å². The number of hydrogen-bond acceptors (Lipinski definition) is 4. The number of rotatable bonds is 3. The predicted molar refractivity (Wildman–Crippen MR) is 85.4 cm³/mol. The maximum absolute atomic E-state index is 4.84. The van der Waals surface area contributed by atoms with Crippen LogP contribution in [0.4, 0.5) is 5.82 Å². The predicted octanol–water partition coefficient (Wildman–Crippen LogP) is 1.95. The average Bonchev–Trinajstić information content (AvgIpc) is 2.38. The second-order valence-electron chi connectivity index (χ2n) is 6.18. The van der Waals surface area contributed by atoms with Crippen LogP contribution >= 0.6 is 0 Å². The van der Waals surface area contributed by atoms with Crippen molar-refractivity contribution < 1.29 is 0 Å². The molecule has 112 valence electrons. The lowest BCUT2D eigenvalue weighted by molar-refractivity contribution is 0.169. The minimum absolute atomic E-state index is 0.559. The number of anilines is 1. The molecule has 0 spiro atoms. The van der Waals surface area contributed by atoms with Crippen molar-refractivity contribution in [2.75, 3.05) is 32.1 Å². The van der Waals surface area contributed by atoms with E-state index in [1.54, 1.807) is 0 Å². The zero-order valence-corrected chi connectivity index (χ0v) is 13.7. The number of hydrogen-bond donors (Lipinski definition) is 1. The van der Waals surface area contributed by atoms with Crippen molar-refractivity contribution >= 4 is 5.82 Å². The number of nitrogens with zero attached hydrogens (tertiary/aromatic N) is 3. The third kappa shape index (κ3) is 2.96. The molecule has 1 aliphatic heterocycles. The Bertz CT molecular complexity index is 460. The van der Waals surface area contributed by atoms with Gasteiger partial charge in [0.05, 0.1) is 0 Å². The molecule has 2 heterocycles. The summed E-state index contributed by atoms with van der Waals surface area (Å²) in [5.74, 6) is 1.17. The van der Waals surface area contributed by atoms with Crippen molar-refractivity contribution in [2.45, 2.75) is 46.3 Å². The zero-order valence-electron chi connectivity index (χ0n) is 13.7. The van der Waals surface area contributed by atoms with E-state index in [1.165, 1.54) is 16.9 Å². The Morgan fingerprint density at radius 2 is 1.85 bits per heavy atom. The summed E-state index contributed by atoms with van der Waals surface area (Å²) in [4.78, 5) is 9.75. The van der Waals surface area contributed by atoms with Gasteiger partial charge in [0, 0.05) is 43.0 Å². The van der Waals surface area contributed by atoms with Gasteiger partial charge in [0.2, 0.25) is 0 Å². The molecule has 4 heteroatoms. The Hall–Kier alpha value is -1.13. The van der Waals surface area contributed by atoms with Crippen molar-refractivity contribution in [2.24, 2.45) is 0 Å². The number of aromatic nitrogens is 1. The number of nitrogens with one attached hydrogen (secondary N) is 1. The molecule has 2 atom stereocenters. The minimum atomic E-state index is 0.559. The smallest absolute Gasteiger partial charge is 0.133 e. The molecule has 1 N–H and O–H groups in total. The van der Waals surface area contributed by atoms with Gasteiger partial charge in [-0.1, -0.05) is 0 Å². The van der Waals surface area contributed by atoms with Gasteiger partial charge in [-0.3, -0.25) is 4.90 Å². The SMILES string of the molecule is CNCc1c(C)cc(C)nc1N1CC(C)N(C)C(C)C1. The van der Waals surface area contributed by atoms with Gasteiger partial charge in [-0.25, -0.2) is 4.98 Å². The van der Waals surface area contributed by atoms with Crippen molar-refractivity contribution in [1.82, 2.24) is 15.2 Å². The molecule has 0 saturated carbocycles. The summed E-state index contributed by atoms with van der Waals surface area (Å²) in [7, 11) is 4.22. The standard InChI is InChI=1S/C16H28N4/c1-11-7-12(2)18-16(15(11)8-17-5)20-9-13(3)19(6)14(4)10-20/h7,13-14,17H,8-10H2,1-6H3. The molecule has 1 aromatic rings. The molecule has 1 fully saturated rings. The Morgan fingerprint density at radius 1 is 1.25 bits per heavy atom. The molecule has 0 bridgehead atoms. The molecule has 4 nitrogen and oxygen atoms in total. The fraction of sp³-hybridized carbons (Fsp3) is 0.688. The van der Waals surface area contributed by atoms with E-state index in [2.05, 4.69) is 55.9 Å². The second kappa shape index (κ2) is 6.10. The molecular weight excluding hydrogens is 248 g/mol. The van der Waals surface area contributed by atoms with E-state index < -0.39 is 0 Å². The van der Waals surface area contributed by atoms with E-state index in [0.29, 0.717) is 12.1 Å². The Morgan fingerprint density at radius 3 is 2.40 bits per heavy atom. The summed E-state index contributed by atoms with van der Waals surface area (Å²) < 4.78 is 0. The van der Waals surface area contributed by atoms with Crippen LogP contribution in [0.3, 0.4) is 0 Å². The Kier molecular flexibility index (Phi) is 4.66. The first-order valence-electron chi connectivity index (χ1n) is 7.52. The molecule has 20 heavy (non-hydrogen) atoms. The minimum Gasteiger partial charge on any atom is -0.353 e. The van der Waals surface area contributed by atoms with Crippen LogP contribution in [0, 0.1) is 13.8 Å². The highest BCUT2D eigenvalue weighted by Gasteiger charge is 2.28. The number of aryl methyl sites for hydroxylation is 2. The van der Waals surface area contributed by atoms with E-state index in [4.69, 9.17) is 4.98 Å². The monoisotopic (exact) mass is 276 g/mol. The first-order chi connectivity index (χ1) is 9.43. The third-order valence-electron chi connectivity index (χ3n) is 4.47. The lowest BCUT2D eigenvalue weighted by atomic mass is 10.1. The number of piperazine rings is 1. The molecule has 1 aliphatic rings. The molecule has 0 amide bonds. The van der Waals surface area contributed by atoms with E-state index in [-0.39, 0.29) is 0 Å². The quantitative estimate of drug-likeness (QED) is 0.914. The molecule has 1 aromatic heterocycles. The third-order valence-corrected chi connectivity index (χ3v) is 4.47. The second-order valence-corrected chi connectivity index (χ2v) is 6.18. The van der Waals surface area contributed by atoms with E-state index >= 15 is 0 Å². The number of pyridine rings is 1. The van der Waals surface area contributed by atoms with Crippen LogP contribution in [-0.4, -0.2) is 49.2 Å². The first kappa shape index (κ1) is 15.3. The summed E-state index contributed by atoms with van der Waals surface area (Å²) in [5.41, 5.74) is 3.78. The Balaban J connectivity index is 2.36. The first-order valence-corrected chi connectivity index (χ1v) is 7.52. The summed E-state index contributed by atoms with van der Waals surface area (Å²) in [6, 6.07) is 3.30. The molecule has 0 aliphatic carbocycles. The molecule has 2 rings (SSSR count). The van der Waals surface area contributed by atoms with Crippen LogP contribution in [-0.2, 0) is 6.54 Å². The largest absolute Gasteiger partial charge is 0.353 e. The van der Waals surface area contributed by atoms with Gasteiger partial charge in [-0.15, -0.1) is 0 Å². The van der Waals surface area contributed by atoms with Crippen LogP contribution in [0.5, 0.6) is 0 Å². The highest BCUT2D eigenvalue weighted by Crippen LogP contribution is 2.26. The fourth-order valence-corrected chi connectivity index (χ4v) is 3.08. The summed E-state index contributed by atoms with van der Waals surface area (Å²) in [6.45, 7) is 11.8. The molecule has 0 aromatic carbocycles. The van der Waals surface area contributed by atoms with E-state index in [1.807, 2.05) is 7.05 Å². The topological polar surface area (TPSA) is 31.4 Å². The lowest BCUT2D eigenvalue weighted by Crippen LogP contribution is -2.55. The van der Waals surface area contributed by atoms with Crippen molar-refractivity contribution in [1.29, 1.82) is 0 Å². The molecule has 1 saturated heterocycles. The zero-order chi connectivity index (χ0) is 14.9. The number of likely N-dealkylation sites (N-methyl/N-ethyl adjacent to an activating group) is 1. The molecule has 2 unspecified atom stereocenters. The molecule has 0 radical (unpaired) electrons. The van der Waals surface area contributed by atoms with Crippen molar-refractivity contribution in [3.63, 3.8) is 0 Å². The van der Waals surface area contributed by atoms with Gasteiger partial charge in [-0.05, 0) is 53.4 Å². The molecular formula is C16H28N4. The van der Waals surface area contributed by atoms with Gasteiger partial charge in [0.25, 0.3) is 0 Å². The summed E-state index contributed by atoms with van der Waals surface area (Å²) in [6.07, 6.45) is 0. The van der Waals surface area contributed by atoms with Gasteiger partial charge >= 0.3 is 0 Å². The van der Waals surface area contributed by atoms with Crippen LogP contribution in [0.25, 0.3) is 0 Å². The van der Waals surface area contributed by atoms with Crippen LogP contribution in [0.1, 0.15) is 30.7 Å². The lowest BCUT2D eigenvalue weighted by Gasteiger charge is -2.43. The average molecular weight is 276 g/mol. The fourth-order valence-electron chi connectivity index (χ4n) is 3.08. The van der Waals surface area contributed by atoms with Crippen LogP contribution in [0.15, 0.2) is 6.07 Å². The van der Waals surface area contributed by atoms with Gasteiger partial charge in [-0.2, -0.15) is 0 Å². The highest BCUT2D eigenvalue weighted by atomic mass is 15.3. The summed E-state index contributed by atoms with van der Waals surface area (Å²) in [5, 5.41) is 3.28. The maximum atomic E-state index is 4.84. The van der Waals surface area contributed by atoms with E-state index in [0.717, 1.165) is 25.3 Å². The van der Waals surface area contributed by atoms with Crippen LogP contribution in [0.2, 0.25) is 0 Å². The normalized spacial score (nSPS) is 24.2. The highest BCUT2D eigenvalue weighted by molar-refractivity contribution is 5.52. The van der Waals surface area contributed by atoms with Crippen LogP contribution < -0.4 is 10.2 Å². The van der Waals surface area contributed by atoms with E-state index in [9.17, 15) is 0 Å². The summed E-state index contributed by atoms with van der Waals surface area (Å²) >= 11 is 0. The van der Waals surface area contributed by atoms with Crippen molar-refractivity contribution in [3.8, 4) is 0 Å². The van der Waals surface area contributed by atoms with Crippen molar-refractivity contribution in [3.05, 3.63) is 22.9 Å². The van der Waals surface area contributed by atoms with Gasteiger partial charge in [0.1, 0.15) is 5.82 Å². The Labute approximate surface area is 123 Å². The maximum Gasteiger partial charge on any atom is 0.133 e. The van der Waals surface area contributed by atoms with Gasteiger partial charge in [0.15, 0.2) is 0 Å².